The van der Waals surface area contributed by atoms with Crippen LogP contribution in [0.3, 0.4) is 0 Å². The number of nitrogens with zero attached hydrogens (tertiary/aromatic N) is 5. The summed E-state index contributed by atoms with van der Waals surface area (Å²) in [5.41, 5.74) is 15.6. The van der Waals surface area contributed by atoms with Gasteiger partial charge in [-0.1, -0.05) is 19.1 Å². The van der Waals surface area contributed by atoms with Crippen LogP contribution in [0.1, 0.15) is 24.2 Å². The number of hydrogen-bond acceptors (Lipinski definition) is 7. The average Bonchev–Trinajstić information content (AvgIpc) is 2.97. The monoisotopic (exact) mass is 377 g/mol. The number of primary amides is 1. The lowest BCUT2D eigenvalue weighted by molar-refractivity contribution is 0.100. The molecule has 0 aromatic carbocycles. The molecule has 1 aliphatic carbocycles. The maximum atomic E-state index is 12.2. The molecule has 2 unspecified atom stereocenters. The predicted molar refractivity (Wildman–Crippen MR) is 105 cm³/mol. The van der Waals surface area contributed by atoms with Gasteiger partial charge in [0, 0.05) is 17.2 Å². The second kappa shape index (κ2) is 6.54. The van der Waals surface area contributed by atoms with E-state index in [2.05, 4.69) is 20.2 Å². The predicted octanol–water partition coefficient (Wildman–Crippen LogP) is 1.37. The molecule has 2 atom stereocenters. The number of rotatable bonds is 3. The van der Waals surface area contributed by atoms with Crippen molar-refractivity contribution < 1.29 is 9.90 Å². The number of aliphatic hydroxyl groups is 1. The van der Waals surface area contributed by atoms with Crippen molar-refractivity contribution in [2.24, 2.45) is 11.7 Å². The number of anilines is 1. The number of allylic oxidation sites excluding steroid dienone is 2. The first-order valence-corrected chi connectivity index (χ1v) is 8.71. The van der Waals surface area contributed by atoms with Crippen LogP contribution in [0, 0.1) is 5.92 Å². The third-order valence-electron chi connectivity index (χ3n) is 4.96. The van der Waals surface area contributed by atoms with Gasteiger partial charge in [-0.2, -0.15) is 10.2 Å². The van der Waals surface area contributed by atoms with E-state index in [1.165, 1.54) is 0 Å². The molecule has 142 valence electrons. The van der Waals surface area contributed by atoms with E-state index in [9.17, 15) is 9.90 Å². The number of nitrogen functional groups attached to an aromatic ring is 1. The highest BCUT2D eigenvalue weighted by atomic mass is 16.3. The highest BCUT2D eigenvalue weighted by Crippen LogP contribution is 2.37. The maximum absolute atomic E-state index is 12.2. The number of aliphatic hydroxyl groups excluding tert-OH is 1. The first-order valence-electron chi connectivity index (χ1n) is 8.71. The molecule has 0 bridgehead atoms. The summed E-state index contributed by atoms with van der Waals surface area (Å²) in [5.74, 6) is -0.802. The fourth-order valence-corrected chi connectivity index (χ4v) is 3.53. The van der Waals surface area contributed by atoms with Crippen LogP contribution in [0.5, 0.6) is 0 Å². The molecule has 0 radical (unpaired) electrons. The van der Waals surface area contributed by atoms with Crippen molar-refractivity contribution in [3.63, 3.8) is 0 Å². The molecule has 1 amide bonds. The van der Waals surface area contributed by atoms with E-state index in [0.29, 0.717) is 22.4 Å². The molecule has 0 saturated heterocycles. The van der Waals surface area contributed by atoms with Crippen molar-refractivity contribution in [3.05, 3.63) is 47.9 Å². The zero-order chi connectivity index (χ0) is 20.0. The van der Waals surface area contributed by atoms with E-state index in [1.54, 1.807) is 35.3 Å². The highest BCUT2D eigenvalue weighted by Gasteiger charge is 2.30. The van der Waals surface area contributed by atoms with E-state index in [1.807, 2.05) is 19.9 Å². The Morgan fingerprint density at radius 2 is 2.07 bits per heavy atom. The average molecular weight is 377 g/mol. The Kier molecular flexibility index (Phi) is 4.16. The Bertz CT molecular complexity index is 1150. The van der Waals surface area contributed by atoms with Crippen LogP contribution in [0.4, 0.5) is 5.82 Å². The van der Waals surface area contributed by atoms with Crippen LogP contribution in [-0.2, 0) is 0 Å². The Labute approximate surface area is 160 Å². The summed E-state index contributed by atoms with van der Waals surface area (Å²) in [6.07, 6.45) is 7.54. The molecule has 5 N–H and O–H groups in total. The summed E-state index contributed by atoms with van der Waals surface area (Å²) in [6.45, 7) is 3.79. The van der Waals surface area contributed by atoms with E-state index in [4.69, 9.17) is 11.5 Å². The molecule has 9 nitrogen and oxygen atoms in total. The van der Waals surface area contributed by atoms with Gasteiger partial charge in [0.05, 0.1) is 30.4 Å². The third-order valence-corrected chi connectivity index (χ3v) is 4.96. The molecule has 1 aliphatic rings. The molecular weight excluding hydrogens is 358 g/mol. The van der Waals surface area contributed by atoms with E-state index in [-0.39, 0.29) is 17.3 Å². The SMILES string of the molecule is CC1=C(n2c(N)c(C(N)=O)c3nc(-c4ccnnc4)cnc32)C(C)C(O)C=C1. The van der Waals surface area contributed by atoms with Gasteiger partial charge in [0.2, 0.25) is 0 Å². The number of fused-ring (bicyclic) bond motifs is 1. The van der Waals surface area contributed by atoms with Crippen LogP contribution >= 0.6 is 0 Å². The molecule has 9 heteroatoms. The first-order chi connectivity index (χ1) is 13.4. The summed E-state index contributed by atoms with van der Waals surface area (Å²) in [4.78, 5) is 21.3. The standard InChI is InChI=1S/C19H19N7O2/c1-9-3-4-13(27)10(2)16(9)26-17(20)14(18(21)28)15-19(26)22-8-12(25-15)11-5-6-23-24-7-11/h3-8,10,13,27H,20H2,1-2H3,(H2,21,28). The van der Waals surface area contributed by atoms with Gasteiger partial charge in [-0.3, -0.25) is 9.36 Å². The molecule has 3 heterocycles. The second-order valence-electron chi connectivity index (χ2n) is 6.73. The quantitative estimate of drug-likeness (QED) is 0.624. The zero-order valence-electron chi connectivity index (χ0n) is 15.4. The molecule has 0 fully saturated rings. The molecule has 0 saturated carbocycles. The highest BCUT2D eigenvalue weighted by molar-refractivity contribution is 6.10. The van der Waals surface area contributed by atoms with Crippen molar-refractivity contribution in [2.75, 3.05) is 5.73 Å². The lowest BCUT2D eigenvalue weighted by Gasteiger charge is -2.27. The first kappa shape index (κ1) is 17.8. The number of nitrogens with two attached hydrogens (primary N) is 2. The van der Waals surface area contributed by atoms with Crippen molar-refractivity contribution in [1.29, 1.82) is 0 Å². The fraction of sp³-hybridized carbons (Fsp3) is 0.211. The van der Waals surface area contributed by atoms with E-state index >= 15 is 0 Å². The summed E-state index contributed by atoms with van der Waals surface area (Å²) in [5, 5.41) is 17.9. The summed E-state index contributed by atoms with van der Waals surface area (Å²) in [6, 6.07) is 1.74. The molecule has 0 aliphatic heterocycles. The third kappa shape index (κ3) is 2.64. The molecular formula is C19H19N7O2. The van der Waals surface area contributed by atoms with Crippen molar-refractivity contribution in [2.45, 2.75) is 20.0 Å². The lowest BCUT2D eigenvalue weighted by atomic mass is 9.91. The smallest absolute Gasteiger partial charge is 0.254 e. The van der Waals surface area contributed by atoms with Gasteiger partial charge in [0.25, 0.3) is 5.91 Å². The van der Waals surface area contributed by atoms with Crippen molar-refractivity contribution in [3.8, 4) is 11.3 Å². The number of hydrogen-bond donors (Lipinski definition) is 3. The van der Waals surface area contributed by atoms with Gasteiger partial charge in [-0.25, -0.2) is 9.97 Å². The van der Waals surface area contributed by atoms with Gasteiger partial charge >= 0.3 is 0 Å². The minimum Gasteiger partial charge on any atom is -0.388 e. The van der Waals surface area contributed by atoms with Crippen LogP contribution < -0.4 is 11.5 Å². The van der Waals surface area contributed by atoms with Gasteiger partial charge in [0.15, 0.2) is 5.65 Å². The fourth-order valence-electron chi connectivity index (χ4n) is 3.53. The van der Waals surface area contributed by atoms with Crippen LogP contribution in [0.15, 0.2) is 42.4 Å². The molecule has 0 spiro atoms. The van der Waals surface area contributed by atoms with E-state index < -0.39 is 12.0 Å². The lowest BCUT2D eigenvalue weighted by Crippen LogP contribution is -2.24. The number of carbonyl (C=O) groups excluding carboxylic acids is 1. The van der Waals surface area contributed by atoms with Crippen molar-refractivity contribution >= 4 is 28.6 Å². The van der Waals surface area contributed by atoms with Gasteiger partial charge in [-0.15, -0.1) is 0 Å². The van der Waals surface area contributed by atoms with Crippen LogP contribution in [0.25, 0.3) is 28.1 Å². The normalized spacial score (nSPS) is 19.4. The minimum absolute atomic E-state index is 0.0999. The second-order valence-corrected chi connectivity index (χ2v) is 6.73. The number of carbonyl (C=O) groups is 1. The zero-order valence-corrected chi connectivity index (χ0v) is 15.4. The van der Waals surface area contributed by atoms with Crippen LogP contribution in [0.2, 0.25) is 0 Å². The Morgan fingerprint density at radius 3 is 2.75 bits per heavy atom. The van der Waals surface area contributed by atoms with Gasteiger partial charge in [-0.05, 0) is 18.6 Å². The minimum atomic E-state index is -0.696. The molecule has 4 rings (SSSR count). The summed E-state index contributed by atoms with van der Waals surface area (Å²) >= 11 is 0. The molecule has 28 heavy (non-hydrogen) atoms. The Balaban J connectivity index is 2.03. The Morgan fingerprint density at radius 1 is 1.29 bits per heavy atom. The largest absolute Gasteiger partial charge is 0.388 e. The number of aromatic nitrogens is 5. The number of amides is 1. The molecule has 3 aromatic heterocycles. The summed E-state index contributed by atoms with van der Waals surface area (Å²) < 4.78 is 1.66. The van der Waals surface area contributed by atoms with Crippen molar-refractivity contribution in [1.82, 2.24) is 24.7 Å². The van der Waals surface area contributed by atoms with Gasteiger partial charge < -0.3 is 16.6 Å². The van der Waals surface area contributed by atoms with Crippen LogP contribution in [-0.4, -0.2) is 41.9 Å². The van der Waals surface area contributed by atoms with E-state index in [0.717, 1.165) is 11.3 Å². The topological polar surface area (TPSA) is 146 Å². The Hall–Kier alpha value is -3.59. The maximum Gasteiger partial charge on any atom is 0.254 e. The van der Waals surface area contributed by atoms with Gasteiger partial charge in [0.1, 0.15) is 16.9 Å². The molecule has 3 aromatic rings. The summed E-state index contributed by atoms with van der Waals surface area (Å²) in [7, 11) is 0.